The summed E-state index contributed by atoms with van der Waals surface area (Å²) in [6.07, 6.45) is 1.95. The van der Waals surface area contributed by atoms with Crippen molar-refractivity contribution in [1.29, 1.82) is 0 Å². The highest BCUT2D eigenvalue weighted by Crippen LogP contribution is 2.28. The molecule has 0 aromatic heterocycles. The van der Waals surface area contributed by atoms with E-state index in [1.807, 2.05) is 19.1 Å². The molecular weight excluding hydrogens is 266 g/mol. The third-order valence-corrected chi connectivity index (χ3v) is 3.36. The number of hydrogen-bond acceptors (Lipinski definition) is 5. The minimum absolute atomic E-state index is 0.0108. The van der Waals surface area contributed by atoms with Gasteiger partial charge in [-0.2, -0.15) is 0 Å². The molecule has 0 bridgehead atoms. The molecule has 5 nitrogen and oxygen atoms in total. The van der Waals surface area contributed by atoms with E-state index in [2.05, 4.69) is 0 Å². The van der Waals surface area contributed by atoms with E-state index < -0.39 is 9.84 Å². The number of nitrogens with two attached hydrogens (primary N) is 1. The normalized spacial score (nSPS) is 11.3. The molecule has 19 heavy (non-hydrogen) atoms. The van der Waals surface area contributed by atoms with Crippen molar-refractivity contribution in [3.63, 3.8) is 0 Å². The molecule has 0 aliphatic carbocycles. The highest BCUT2D eigenvalue weighted by molar-refractivity contribution is 7.90. The molecule has 1 aromatic carbocycles. The van der Waals surface area contributed by atoms with Crippen molar-refractivity contribution in [3.05, 3.63) is 23.8 Å². The first-order chi connectivity index (χ1) is 8.96. The molecule has 0 fully saturated rings. The number of benzene rings is 1. The van der Waals surface area contributed by atoms with Crippen LogP contribution in [0.1, 0.15) is 12.5 Å². The van der Waals surface area contributed by atoms with Crippen molar-refractivity contribution in [2.75, 3.05) is 31.8 Å². The van der Waals surface area contributed by atoms with E-state index in [9.17, 15) is 8.42 Å². The molecule has 0 unspecified atom stereocenters. The smallest absolute Gasteiger partial charge is 0.161 e. The van der Waals surface area contributed by atoms with Crippen LogP contribution in [-0.2, 0) is 16.3 Å². The van der Waals surface area contributed by atoms with Gasteiger partial charge in [-0.25, -0.2) is 8.42 Å². The lowest BCUT2D eigenvalue weighted by Gasteiger charge is -2.13. The Morgan fingerprint density at radius 2 is 1.95 bits per heavy atom. The predicted octanol–water partition coefficient (Wildman–Crippen LogP) is 1.01. The summed E-state index contributed by atoms with van der Waals surface area (Å²) in [4.78, 5) is 0. The first-order valence-electron chi connectivity index (χ1n) is 6.22. The van der Waals surface area contributed by atoms with Crippen molar-refractivity contribution in [3.8, 4) is 11.5 Å². The van der Waals surface area contributed by atoms with E-state index in [-0.39, 0.29) is 12.4 Å². The number of ether oxygens (including phenoxy) is 2. The Morgan fingerprint density at radius 1 is 1.21 bits per heavy atom. The van der Waals surface area contributed by atoms with Gasteiger partial charge >= 0.3 is 0 Å². The highest BCUT2D eigenvalue weighted by Gasteiger charge is 2.08. The molecule has 6 heteroatoms. The van der Waals surface area contributed by atoms with Crippen LogP contribution in [0.5, 0.6) is 11.5 Å². The van der Waals surface area contributed by atoms with Crippen molar-refractivity contribution in [2.24, 2.45) is 5.73 Å². The fraction of sp³-hybridized carbons (Fsp3) is 0.538. The van der Waals surface area contributed by atoms with Crippen molar-refractivity contribution in [2.45, 2.75) is 13.3 Å². The Labute approximate surface area is 114 Å². The van der Waals surface area contributed by atoms with E-state index in [1.54, 1.807) is 6.07 Å². The topological polar surface area (TPSA) is 78.6 Å². The molecule has 2 N–H and O–H groups in total. The maximum absolute atomic E-state index is 11.0. The number of sulfone groups is 1. The van der Waals surface area contributed by atoms with Crippen LogP contribution >= 0.6 is 0 Å². The summed E-state index contributed by atoms with van der Waals surface area (Å²) in [5, 5.41) is 0. The first kappa shape index (κ1) is 15.8. The van der Waals surface area contributed by atoms with E-state index >= 15 is 0 Å². The van der Waals surface area contributed by atoms with Gasteiger partial charge in [-0.1, -0.05) is 6.07 Å². The molecular formula is C13H21NO4S. The zero-order valence-electron chi connectivity index (χ0n) is 11.4. The Balaban J connectivity index is 2.75. The van der Waals surface area contributed by atoms with Crippen LogP contribution in [0.3, 0.4) is 0 Å². The number of hydrogen-bond donors (Lipinski definition) is 1. The minimum Gasteiger partial charge on any atom is -0.490 e. The van der Waals surface area contributed by atoms with Gasteiger partial charge in [0.05, 0.1) is 12.4 Å². The molecule has 0 heterocycles. The first-order valence-corrected chi connectivity index (χ1v) is 8.28. The molecule has 0 radical (unpaired) electrons. The molecule has 1 rings (SSSR count). The fourth-order valence-corrected chi connectivity index (χ4v) is 1.95. The zero-order valence-corrected chi connectivity index (χ0v) is 12.2. The zero-order chi connectivity index (χ0) is 14.3. The summed E-state index contributed by atoms with van der Waals surface area (Å²) in [7, 11) is -3.02. The van der Waals surface area contributed by atoms with E-state index in [0.29, 0.717) is 24.7 Å². The van der Waals surface area contributed by atoms with Gasteiger partial charge in [0, 0.05) is 6.26 Å². The second-order valence-electron chi connectivity index (χ2n) is 4.23. The average Bonchev–Trinajstić information content (AvgIpc) is 2.31. The summed E-state index contributed by atoms with van der Waals surface area (Å²) >= 11 is 0. The van der Waals surface area contributed by atoms with Gasteiger partial charge in [0.2, 0.25) is 0 Å². The maximum atomic E-state index is 11.0. The monoisotopic (exact) mass is 287 g/mol. The molecule has 0 spiro atoms. The average molecular weight is 287 g/mol. The van der Waals surface area contributed by atoms with E-state index in [0.717, 1.165) is 12.0 Å². The van der Waals surface area contributed by atoms with Gasteiger partial charge in [0.25, 0.3) is 0 Å². The van der Waals surface area contributed by atoms with Crippen LogP contribution in [0, 0.1) is 0 Å². The summed E-state index contributed by atoms with van der Waals surface area (Å²) in [5.41, 5.74) is 6.58. The van der Waals surface area contributed by atoms with Crippen LogP contribution in [0.25, 0.3) is 0 Å². The Morgan fingerprint density at radius 3 is 2.53 bits per heavy atom. The summed E-state index contributed by atoms with van der Waals surface area (Å²) < 4.78 is 33.0. The molecule has 0 saturated heterocycles. The lowest BCUT2D eigenvalue weighted by atomic mass is 10.1. The van der Waals surface area contributed by atoms with Gasteiger partial charge < -0.3 is 15.2 Å². The lowest BCUT2D eigenvalue weighted by Crippen LogP contribution is -2.12. The molecule has 1 aromatic rings. The molecule has 0 amide bonds. The molecule has 108 valence electrons. The van der Waals surface area contributed by atoms with Crippen LogP contribution in [-0.4, -0.2) is 40.2 Å². The quantitative estimate of drug-likeness (QED) is 0.772. The Bertz CT molecular complexity index is 499. The largest absolute Gasteiger partial charge is 0.490 e. The van der Waals surface area contributed by atoms with Crippen LogP contribution < -0.4 is 15.2 Å². The number of rotatable bonds is 8. The van der Waals surface area contributed by atoms with Gasteiger partial charge in [-0.05, 0) is 37.6 Å². The molecule has 0 aliphatic heterocycles. The standard InChI is InChI=1S/C13H21NO4S/c1-3-17-13-10-11(6-7-14)4-5-12(13)18-8-9-19(2,15)16/h4-5,10H,3,6-9,14H2,1-2H3. The molecule has 0 atom stereocenters. The van der Waals surface area contributed by atoms with Gasteiger partial charge in [0.15, 0.2) is 21.3 Å². The SMILES string of the molecule is CCOc1cc(CCN)ccc1OCCS(C)(=O)=O. The van der Waals surface area contributed by atoms with Gasteiger partial charge in [-0.3, -0.25) is 0 Å². The summed E-state index contributed by atoms with van der Waals surface area (Å²) in [6, 6.07) is 5.58. The lowest BCUT2D eigenvalue weighted by molar-refractivity contribution is 0.288. The second kappa shape index (κ2) is 7.35. The van der Waals surface area contributed by atoms with Crippen LogP contribution in [0.4, 0.5) is 0 Å². The fourth-order valence-electron chi connectivity index (χ4n) is 1.57. The predicted molar refractivity (Wildman–Crippen MR) is 75.6 cm³/mol. The highest BCUT2D eigenvalue weighted by atomic mass is 32.2. The van der Waals surface area contributed by atoms with Crippen LogP contribution in [0.15, 0.2) is 18.2 Å². The van der Waals surface area contributed by atoms with E-state index in [1.165, 1.54) is 6.26 Å². The van der Waals surface area contributed by atoms with E-state index in [4.69, 9.17) is 15.2 Å². The van der Waals surface area contributed by atoms with Crippen molar-refractivity contribution < 1.29 is 17.9 Å². The Hall–Kier alpha value is -1.27. The second-order valence-corrected chi connectivity index (χ2v) is 6.49. The summed E-state index contributed by atoms with van der Waals surface area (Å²) in [5.74, 6) is 1.18. The van der Waals surface area contributed by atoms with Crippen LogP contribution in [0.2, 0.25) is 0 Å². The Kier molecular flexibility index (Phi) is 6.11. The maximum Gasteiger partial charge on any atom is 0.161 e. The third-order valence-electron chi connectivity index (χ3n) is 2.45. The van der Waals surface area contributed by atoms with Crippen molar-refractivity contribution >= 4 is 9.84 Å². The van der Waals surface area contributed by atoms with Gasteiger partial charge in [0.1, 0.15) is 6.61 Å². The van der Waals surface area contributed by atoms with Gasteiger partial charge in [-0.15, -0.1) is 0 Å². The van der Waals surface area contributed by atoms with Crippen molar-refractivity contribution in [1.82, 2.24) is 0 Å². The summed E-state index contributed by atoms with van der Waals surface area (Å²) in [6.45, 7) is 3.10. The molecule has 0 aliphatic rings. The minimum atomic E-state index is -3.02. The molecule has 0 saturated carbocycles. The third kappa shape index (κ3) is 5.94.